The maximum Gasteiger partial charge on any atom is 0.335 e. The molecule has 3 atom stereocenters. The minimum atomic E-state index is -0.987. The van der Waals surface area contributed by atoms with Gasteiger partial charge >= 0.3 is 12.0 Å². The Morgan fingerprint density at radius 3 is 2.68 bits per heavy atom. The minimum Gasteiger partial charge on any atom is -0.478 e. The summed E-state index contributed by atoms with van der Waals surface area (Å²) in [6.45, 7) is 0. The van der Waals surface area contributed by atoms with E-state index in [9.17, 15) is 14.4 Å². The van der Waals surface area contributed by atoms with Crippen molar-refractivity contribution in [3.63, 3.8) is 0 Å². The Morgan fingerprint density at radius 1 is 1.20 bits per heavy atom. The second-order valence-electron chi connectivity index (χ2n) is 6.30. The number of carboxylic acid groups (broad SMARTS) is 1. The molecule has 0 aliphatic carbocycles. The lowest BCUT2D eigenvalue weighted by atomic mass is 10.0. The topological polar surface area (TPSA) is 108 Å². The monoisotopic (exact) mass is 363 g/mol. The van der Waals surface area contributed by atoms with Gasteiger partial charge in [-0.05, 0) is 37.1 Å². The highest BCUT2D eigenvalue weighted by atomic mass is 32.2. The number of thioether (sulfide) groups is 1. The number of carbonyl (C=O) groups is 3. The molecule has 7 nitrogen and oxygen atoms in total. The van der Waals surface area contributed by atoms with Crippen molar-refractivity contribution >= 4 is 35.4 Å². The fourth-order valence-electron chi connectivity index (χ4n) is 3.19. The number of amides is 3. The SMILES string of the molecule is O=C(CCCCC1SC[C@H]2NC(=O)N[C@@H]12)Nc1ccc(C(=O)O)cc1. The van der Waals surface area contributed by atoms with E-state index in [0.29, 0.717) is 17.4 Å². The number of aromatic carboxylic acids is 1. The van der Waals surface area contributed by atoms with Crippen LogP contribution in [0, 0.1) is 0 Å². The molecule has 1 aromatic rings. The van der Waals surface area contributed by atoms with Crippen molar-refractivity contribution < 1.29 is 19.5 Å². The summed E-state index contributed by atoms with van der Waals surface area (Å²) < 4.78 is 0. The van der Waals surface area contributed by atoms with Crippen LogP contribution < -0.4 is 16.0 Å². The highest BCUT2D eigenvalue weighted by molar-refractivity contribution is 8.00. The molecule has 0 aromatic heterocycles. The lowest BCUT2D eigenvalue weighted by molar-refractivity contribution is -0.116. The number of hydrogen-bond acceptors (Lipinski definition) is 4. The predicted octanol–water partition coefficient (Wildman–Crippen LogP) is 2.05. The molecule has 2 heterocycles. The van der Waals surface area contributed by atoms with Crippen molar-refractivity contribution in [2.75, 3.05) is 11.1 Å². The van der Waals surface area contributed by atoms with Crippen molar-refractivity contribution in [2.24, 2.45) is 0 Å². The number of unbranched alkanes of at least 4 members (excludes halogenated alkanes) is 1. The van der Waals surface area contributed by atoms with E-state index in [0.717, 1.165) is 25.0 Å². The minimum absolute atomic E-state index is 0.0733. The fraction of sp³-hybridized carbons (Fsp3) is 0.471. The molecular weight excluding hydrogens is 342 g/mol. The van der Waals surface area contributed by atoms with Crippen LogP contribution in [0.1, 0.15) is 36.0 Å². The van der Waals surface area contributed by atoms with Crippen LogP contribution in [0.3, 0.4) is 0 Å². The third-order valence-corrected chi connectivity index (χ3v) is 6.00. The first-order chi connectivity index (χ1) is 12.0. The van der Waals surface area contributed by atoms with Crippen molar-refractivity contribution in [3.05, 3.63) is 29.8 Å². The Labute approximate surface area is 149 Å². The van der Waals surface area contributed by atoms with Crippen LogP contribution >= 0.6 is 11.8 Å². The summed E-state index contributed by atoms with van der Waals surface area (Å²) in [5.74, 6) is -0.115. The van der Waals surface area contributed by atoms with Crippen molar-refractivity contribution in [2.45, 2.75) is 43.0 Å². The van der Waals surface area contributed by atoms with E-state index in [4.69, 9.17) is 5.11 Å². The Hall–Kier alpha value is -2.22. The highest BCUT2D eigenvalue weighted by Crippen LogP contribution is 2.33. The molecule has 1 aromatic carbocycles. The summed E-state index contributed by atoms with van der Waals surface area (Å²) >= 11 is 1.88. The molecule has 0 bridgehead atoms. The van der Waals surface area contributed by atoms with Crippen LogP contribution in [-0.4, -0.2) is 46.1 Å². The maximum atomic E-state index is 12.0. The molecule has 3 rings (SSSR count). The van der Waals surface area contributed by atoms with Gasteiger partial charge in [-0.2, -0.15) is 11.8 Å². The molecule has 134 valence electrons. The van der Waals surface area contributed by atoms with Gasteiger partial charge in [0.05, 0.1) is 17.6 Å². The van der Waals surface area contributed by atoms with Gasteiger partial charge in [-0.1, -0.05) is 6.42 Å². The third-order valence-electron chi connectivity index (χ3n) is 4.50. The van der Waals surface area contributed by atoms with Gasteiger partial charge in [0.25, 0.3) is 0 Å². The standard InChI is InChI=1S/C17H21N3O4S/c21-14(18-11-7-5-10(6-8-11)16(22)23)4-2-1-3-13-15-12(9-25-13)19-17(24)20-15/h5-8,12-13,15H,1-4,9H2,(H,18,21)(H,22,23)(H2,19,20,24)/t12-,13?,15-/m1/s1. The molecule has 2 saturated heterocycles. The Kier molecular flexibility index (Phi) is 5.47. The number of rotatable bonds is 7. The first-order valence-electron chi connectivity index (χ1n) is 8.35. The summed E-state index contributed by atoms with van der Waals surface area (Å²) in [5.41, 5.74) is 0.794. The molecule has 3 amide bonds. The predicted molar refractivity (Wildman–Crippen MR) is 96.0 cm³/mol. The molecule has 2 aliphatic heterocycles. The van der Waals surface area contributed by atoms with E-state index in [-0.39, 0.29) is 29.6 Å². The molecule has 0 saturated carbocycles. The van der Waals surface area contributed by atoms with Gasteiger partial charge in [0.1, 0.15) is 0 Å². The van der Waals surface area contributed by atoms with Crippen molar-refractivity contribution in [3.8, 4) is 0 Å². The molecule has 25 heavy (non-hydrogen) atoms. The number of fused-ring (bicyclic) bond motifs is 1. The number of hydrogen-bond donors (Lipinski definition) is 4. The van der Waals surface area contributed by atoms with Gasteiger partial charge in [0.15, 0.2) is 0 Å². The molecule has 0 radical (unpaired) electrons. The molecule has 1 unspecified atom stereocenters. The molecule has 8 heteroatoms. The lowest BCUT2D eigenvalue weighted by Gasteiger charge is -2.16. The summed E-state index contributed by atoms with van der Waals surface area (Å²) in [6.07, 6.45) is 3.13. The largest absolute Gasteiger partial charge is 0.478 e. The summed E-state index contributed by atoms with van der Waals surface area (Å²) in [6, 6.07) is 6.48. The Morgan fingerprint density at radius 2 is 1.96 bits per heavy atom. The van der Waals surface area contributed by atoms with E-state index in [1.807, 2.05) is 11.8 Å². The maximum absolute atomic E-state index is 12.0. The average Bonchev–Trinajstić information content (AvgIpc) is 3.11. The third kappa shape index (κ3) is 4.45. The molecule has 0 spiro atoms. The quantitative estimate of drug-likeness (QED) is 0.438. The number of benzene rings is 1. The van der Waals surface area contributed by atoms with Gasteiger partial charge in [-0.25, -0.2) is 9.59 Å². The van der Waals surface area contributed by atoms with E-state index in [1.165, 1.54) is 12.1 Å². The van der Waals surface area contributed by atoms with Crippen LogP contribution in [0.4, 0.5) is 10.5 Å². The zero-order chi connectivity index (χ0) is 17.8. The first-order valence-corrected chi connectivity index (χ1v) is 9.39. The summed E-state index contributed by atoms with van der Waals surface area (Å²) in [5, 5.41) is 17.9. The fourth-order valence-corrected chi connectivity index (χ4v) is 4.74. The van der Waals surface area contributed by atoms with Gasteiger partial charge in [0, 0.05) is 23.1 Å². The van der Waals surface area contributed by atoms with E-state index >= 15 is 0 Å². The van der Waals surface area contributed by atoms with Gasteiger partial charge < -0.3 is 21.1 Å². The summed E-state index contributed by atoms with van der Waals surface area (Å²) in [7, 11) is 0. The van der Waals surface area contributed by atoms with Crippen LogP contribution in [0.15, 0.2) is 24.3 Å². The highest BCUT2D eigenvalue weighted by Gasteiger charge is 2.42. The molecule has 2 fully saturated rings. The van der Waals surface area contributed by atoms with Gasteiger partial charge in [-0.3, -0.25) is 4.79 Å². The van der Waals surface area contributed by atoms with Crippen LogP contribution in [0.25, 0.3) is 0 Å². The number of carbonyl (C=O) groups excluding carboxylic acids is 2. The lowest BCUT2D eigenvalue weighted by Crippen LogP contribution is -2.36. The number of carboxylic acids is 1. The first kappa shape index (κ1) is 17.6. The number of urea groups is 1. The van der Waals surface area contributed by atoms with Crippen molar-refractivity contribution in [1.29, 1.82) is 0 Å². The molecular formula is C17H21N3O4S. The van der Waals surface area contributed by atoms with Gasteiger partial charge in [-0.15, -0.1) is 0 Å². The van der Waals surface area contributed by atoms with Gasteiger partial charge in [0.2, 0.25) is 5.91 Å². The van der Waals surface area contributed by atoms with E-state index < -0.39 is 5.97 Å². The van der Waals surface area contributed by atoms with Crippen molar-refractivity contribution in [1.82, 2.24) is 10.6 Å². The average molecular weight is 363 g/mol. The van der Waals surface area contributed by atoms with E-state index in [1.54, 1.807) is 12.1 Å². The second kappa shape index (κ2) is 7.77. The molecule has 2 aliphatic rings. The zero-order valence-electron chi connectivity index (χ0n) is 13.7. The number of anilines is 1. The smallest absolute Gasteiger partial charge is 0.335 e. The summed E-state index contributed by atoms with van der Waals surface area (Å²) in [4.78, 5) is 34.1. The normalized spacial score (nSPS) is 24.3. The molecule has 4 N–H and O–H groups in total. The zero-order valence-corrected chi connectivity index (χ0v) is 14.5. The number of nitrogens with one attached hydrogen (secondary N) is 3. The van der Waals surface area contributed by atoms with Crippen LogP contribution in [-0.2, 0) is 4.79 Å². The Bertz CT molecular complexity index is 664. The van der Waals surface area contributed by atoms with E-state index in [2.05, 4.69) is 16.0 Å². The second-order valence-corrected chi connectivity index (χ2v) is 7.57. The van der Waals surface area contributed by atoms with Crippen LogP contribution in [0.5, 0.6) is 0 Å². The Balaban J connectivity index is 1.35. The van der Waals surface area contributed by atoms with Crippen LogP contribution in [0.2, 0.25) is 0 Å².